The second-order valence-corrected chi connectivity index (χ2v) is 9.22. The van der Waals surface area contributed by atoms with Gasteiger partial charge < -0.3 is 9.84 Å². The van der Waals surface area contributed by atoms with E-state index in [0.717, 1.165) is 28.0 Å². The zero-order chi connectivity index (χ0) is 22.9. The number of carboxylic acids is 1. The zero-order valence-corrected chi connectivity index (χ0v) is 20.7. The molecule has 3 nitrogen and oxygen atoms in total. The molecule has 32 heavy (non-hydrogen) atoms. The first-order valence-electron chi connectivity index (χ1n) is 10.7. The van der Waals surface area contributed by atoms with Gasteiger partial charge in [-0.2, -0.15) is 0 Å². The smallest absolute Gasteiger partial charge is 0.341 e. The van der Waals surface area contributed by atoms with Crippen LogP contribution in [0.5, 0.6) is 5.75 Å². The van der Waals surface area contributed by atoms with E-state index in [9.17, 15) is 4.79 Å². The van der Waals surface area contributed by atoms with E-state index in [-0.39, 0.29) is 6.61 Å². The second-order valence-electron chi connectivity index (χ2n) is 7.30. The number of carboxylic acid groups (broad SMARTS) is 1. The summed E-state index contributed by atoms with van der Waals surface area (Å²) in [7, 11) is 0. The lowest BCUT2D eigenvalue weighted by Crippen LogP contribution is -2.09. The Bertz CT molecular complexity index is 1020. The SMILES string of the molecule is CCc1ccc(C(=CCSc2ccc(OCC(=O)O)cc2Br)c2ccc(CC)cc2)cc1. The maximum Gasteiger partial charge on any atom is 0.341 e. The number of hydrogen-bond donors (Lipinski definition) is 1. The van der Waals surface area contributed by atoms with Crippen LogP contribution in [0.4, 0.5) is 0 Å². The van der Waals surface area contributed by atoms with Crippen LogP contribution in [-0.4, -0.2) is 23.4 Å². The molecule has 166 valence electrons. The highest BCUT2D eigenvalue weighted by molar-refractivity contribution is 9.10. The highest BCUT2D eigenvalue weighted by Gasteiger charge is 2.08. The number of halogens is 1. The lowest BCUT2D eigenvalue weighted by Gasteiger charge is -2.11. The van der Waals surface area contributed by atoms with Crippen molar-refractivity contribution in [2.24, 2.45) is 0 Å². The minimum atomic E-state index is -0.990. The number of hydrogen-bond acceptors (Lipinski definition) is 3. The fourth-order valence-corrected chi connectivity index (χ4v) is 4.78. The Kier molecular flexibility index (Phi) is 9.00. The van der Waals surface area contributed by atoms with Crippen LogP contribution in [-0.2, 0) is 17.6 Å². The summed E-state index contributed by atoms with van der Waals surface area (Å²) in [6.07, 6.45) is 4.33. The number of benzene rings is 3. The summed E-state index contributed by atoms with van der Waals surface area (Å²) in [6, 6.07) is 23.2. The van der Waals surface area contributed by atoms with Gasteiger partial charge in [-0.3, -0.25) is 0 Å². The Morgan fingerprint density at radius 2 is 1.50 bits per heavy atom. The molecule has 0 radical (unpaired) electrons. The first kappa shape index (κ1) is 24.1. The van der Waals surface area contributed by atoms with Crippen molar-refractivity contribution in [3.8, 4) is 5.75 Å². The van der Waals surface area contributed by atoms with Crippen LogP contribution in [0.1, 0.15) is 36.1 Å². The number of aliphatic carboxylic acids is 1. The van der Waals surface area contributed by atoms with Gasteiger partial charge in [0.2, 0.25) is 0 Å². The van der Waals surface area contributed by atoms with E-state index in [0.29, 0.717) is 5.75 Å². The van der Waals surface area contributed by atoms with Crippen LogP contribution in [0, 0.1) is 0 Å². The zero-order valence-electron chi connectivity index (χ0n) is 18.3. The number of ether oxygens (including phenoxy) is 1. The molecule has 5 heteroatoms. The Morgan fingerprint density at radius 1 is 0.938 bits per heavy atom. The minimum absolute atomic E-state index is 0.349. The van der Waals surface area contributed by atoms with Gasteiger partial charge in [-0.1, -0.05) is 68.5 Å². The molecule has 0 aromatic heterocycles. The molecule has 0 saturated heterocycles. The molecule has 3 aromatic carbocycles. The molecule has 0 amide bonds. The molecule has 3 rings (SSSR count). The van der Waals surface area contributed by atoms with Crippen molar-refractivity contribution in [3.63, 3.8) is 0 Å². The first-order valence-corrected chi connectivity index (χ1v) is 12.4. The van der Waals surface area contributed by atoms with E-state index >= 15 is 0 Å². The summed E-state index contributed by atoms with van der Waals surface area (Å²) >= 11 is 5.29. The van der Waals surface area contributed by atoms with E-state index in [4.69, 9.17) is 9.84 Å². The monoisotopic (exact) mass is 510 g/mol. The van der Waals surface area contributed by atoms with E-state index < -0.39 is 5.97 Å². The molecule has 0 bridgehead atoms. The quantitative estimate of drug-likeness (QED) is 0.291. The third-order valence-electron chi connectivity index (χ3n) is 5.14. The normalized spacial score (nSPS) is 10.6. The number of rotatable bonds is 10. The van der Waals surface area contributed by atoms with Crippen molar-refractivity contribution in [2.45, 2.75) is 31.6 Å². The molecule has 3 aromatic rings. The van der Waals surface area contributed by atoms with Crippen molar-refractivity contribution in [2.75, 3.05) is 12.4 Å². The predicted molar refractivity (Wildman–Crippen MR) is 137 cm³/mol. The van der Waals surface area contributed by atoms with E-state index in [1.165, 1.54) is 27.8 Å². The Hall–Kier alpha value is -2.50. The highest BCUT2D eigenvalue weighted by Crippen LogP contribution is 2.32. The van der Waals surface area contributed by atoms with Crippen LogP contribution in [0.3, 0.4) is 0 Å². The molecule has 0 aliphatic carbocycles. The number of thioether (sulfide) groups is 1. The van der Waals surface area contributed by atoms with Gasteiger partial charge in [0.05, 0.1) is 0 Å². The molecular weight excluding hydrogens is 484 g/mol. The largest absolute Gasteiger partial charge is 0.482 e. The summed E-state index contributed by atoms with van der Waals surface area (Å²) in [5.74, 6) is 0.344. The molecule has 1 N–H and O–H groups in total. The molecular formula is C27H27BrO3S. The summed E-state index contributed by atoms with van der Waals surface area (Å²) in [4.78, 5) is 11.8. The van der Waals surface area contributed by atoms with Crippen molar-refractivity contribution in [1.29, 1.82) is 0 Å². The van der Waals surface area contributed by atoms with Gasteiger partial charge in [0.1, 0.15) is 5.75 Å². The topological polar surface area (TPSA) is 46.5 Å². The third kappa shape index (κ3) is 6.75. The fourth-order valence-electron chi connectivity index (χ4n) is 3.29. The van der Waals surface area contributed by atoms with Gasteiger partial charge in [0, 0.05) is 15.1 Å². The molecule has 0 aliphatic rings. The maximum atomic E-state index is 10.7. The lowest BCUT2D eigenvalue weighted by atomic mass is 9.95. The summed E-state index contributed by atoms with van der Waals surface area (Å²) in [6.45, 7) is 3.99. The van der Waals surface area contributed by atoms with Crippen molar-refractivity contribution < 1.29 is 14.6 Å². The Morgan fingerprint density at radius 3 is 1.97 bits per heavy atom. The number of carbonyl (C=O) groups is 1. The highest BCUT2D eigenvalue weighted by atomic mass is 79.9. The van der Waals surface area contributed by atoms with Gasteiger partial charge in [-0.05, 0) is 74.8 Å². The first-order chi connectivity index (χ1) is 15.5. The fraction of sp³-hybridized carbons (Fsp3) is 0.222. The molecule has 0 spiro atoms. The molecule has 0 heterocycles. The van der Waals surface area contributed by atoms with Crippen molar-refractivity contribution in [1.82, 2.24) is 0 Å². The van der Waals surface area contributed by atoms with Crippen molar-refractivity contribution >= 4 is 39.2 Å². The summed E-state index contributed by atoms with van der Waals surface area (Å²) in [5, 5.41) is 8.77. The van der Waals surface area contributed by atoms with E-state index in [1.807, 2.05) is 12.1 Å². The van der Waals surface area contributed by atoms with Gasteiger partial charge in [-0.25, -0.2) is 4.79 Å². The third-order valence-corrected chi connectivity index (χ3v) is 7.06. The Labute approximate surface area is 202 Å². The number of aryl methyl sites for hydroxylation is 2. The predicted octanol–water partition coefficient (Wildman–Crippen LogP) is 7.26. The van der Waals surface area contributed by atoms with Gasteiger partial charge >= 0.3 is 5.97 Å². The maximum absolute atomic E-state index is 10.7. The minimum Gasteiger partial charge on any atom is -0.482 e. The van der Waals surface area contributed by atoms with Crippen LogP contribution < -0.4 is 4.74 Å². The molecule has 0 fully saturated rings. The van der Waals surface area contributed by atoms with Gasteiger partial charge in [0.15, 0.2) is 6.61 Å². The second kappa shape index (κ2) is 11.9. The standard InChI is InChI=1S/C27H27BrO3S/c1-3-19-5-9-21(10-6-19)24(22-11-7-20(4-2)8-12-22)15-16-32-26-14-13-23(17-25(26)28)31-18-27(29)30/h5-15,17H,3-4,16,18H2,1-2H3,(H,29,30). The average molecular weight is 511 g/mol. The van der Waals surface area contributed by atoms with E-state index in [1.54, 1.807) is 17.8 Å². The van der Waals surface area contributed by atoms with Crippen LogP contribution in [0.25, 0.3) is 5.57 Å². The molecule has 0 saturated carbocycles. The van der Waals surface area contributed by atoms with Crippen LogP contribution in [0.15, 0.2) is 82.2 Å². The van der Waals surface area contributed by atoms with Gasteiger partial charge in [-0.15, -0.1) is 11.8 Å². The summed E-state index contributed by atoms with van der Waals surface area (Å²) in [5.41, 5.74) is 6.31. The van der Waals surface area contributed by atoms with Gasteiger partial charge in [0.25, 0.3) is 0 Å². The van der Waals surface area contributed by atoms with Crippen LogP contribution in [0.2, 0.25) is 0 Å². The molecule has 0 atom stereocenters. The van der Waals surface area contributed by atoms with Crippen LogP contribution >= 0.6 is 27.7 Å². The average Bonchev–Trinajstić information content (AvgIpc) is 2.82. The van der Waals surface area contributed by atoms with E-state index in [2.05, 4.69) is 84.4 Å². The lowest BCUT2D eigenvalue weighted by molar-refractivity contribution is -0.139. The summed E-state index contributed by atoms with van der Waals surface area (Å²) < 4.78 is 6.14. The molecule has 0 unspecified atom stereocenters. The molecule has 0 aliphatic heterocycles. The Balaban J connectivity index is 1.80. The van der Waals surface area contributed by atoms with Crippen molar-refractivity contribution in [3.05, 3.63) is 99.5 Å².